The molecule has 1 aliphatic carbocycles. The minimum absolute atomic E-state index is 0.663. The third kappa shape index (κ3) is 3.72. The Kier molecular flexibility index (Phi) is 5.07. The van der Waals surface area contributed by atoms with Crippen LogP contribution in [0.1, 0.15) is 43.9 Å². The lowest BCUT2D eigenvalue weighted by Crippen LogP contribution is -2.40. The van der Waals surface area contributed by atoms with Crippen LogP contribution in [0.4, 0.5) is 0 Å². The molecule has 1 fully saturated rings. The summed E-state index contributed by atoms with van der Waals surface area (Å²) in [4.78, 5) is 4.66. The highest BCUT2D eigenvalue weighted by Crippen LogP contribution is 2.33. The summed E-state index contributed by atoms with van der Waals surface area (Å²) < 4.78 is 0. The van der Waals surface area contributed by atoms with Gasteiger partial charge in [-0.05, 0) is 50.9 Å². The van der Waals surface area contributed by atoms with Crippen molar-refractivity contribution in [1.82, 2.24) is 10.3 Å². The van der Waals surface area contributed by atoms with Gasteiger partial charge in [0, 0.05) is 17.0 Å². The van der Waals surface area contributed by atoms with Crippen LogP contribution in [0.25, 0.3) is 0 Å². The molecule has 0 aromatic carbocycles. The van der Waals surface area contributed by atoms with Crippen molar-refractivity contribution in [2.45, 2.75) is 62.8 Å². The average molecular weight is 264 g/mol. The molecule has 1 saturated carbocycles. The van der Waals surface area contributed by atoms with E-state index in [4.69, 9.17) is 0 Å². The zero-order valence-corrected chi connectivity index (χ0v) is 12.5. The van der Waals surface area contributed by atoms with Gasteiger partial charge in [0.15, 0.2) is 0 Å². The Balaban J connectivity index is 2.05. The van der Waals surface area contributed by atoms with Gasteiger partial charge in [0.1, 0.15) is 0 Å². The molecule has 1 heterocycles. The van der Waals surface area contributed by atoms with Crippen molar-refractivity contribution in [1.29, 1.82) is 0 Å². The largest absolute Gasteiger partial charge is 0.313 e. The van der Waals surface area contributed by atoms with Gasteiger partial charge in [-0.15, -0.1) is 11.8 Å². The first-order valence-corrected chi connectivity index (χ1v) is 7.92. The molecule has 0 saturated heterocycles. The Labute approximate surface area is 115 Å². The number of rotatable bonds is 4. The molecule has 2 unspecified atom stereocenters. The Hall–Kier alpha value is -0.540. The van der Waals surface area contributed by atoms with Crippen molar-refractivity contribution in [2.75, 3.05) is 6.54 Å². The molecule has 0 spiro atoms. The monoisotopic (exact) mass is 264 g/mol. The lowest BCUT2D eigenvalue weighted by atomic mass is 9.95. The van der Waals surface area contributed by atoms with Gasteiger partial charge in [-0.25, -0.2) is 4.98 Å². The quantitative estimate of drug-likeness (QED) is 0.897. The zero-order valence-electron chi connectivity index (χ0n) is 11.7. The highest BCUT2D eigenvalue weighted by atomic mass is 32.2. The number of thioether (sulfide) groups is 1. The fourth-order valence-corrected chi connectivity index (χ4v) is 4.20. The van der Waals surface area contributed by atoms with E-state index in [1.165, 1.54) is 36.3 Å². The van der Waals surface area contributed by atoms with Crippen LogP contribution in [0.3, 0.4) is 0 Å². The van der Waals surface area contributed by atoms with Crippen molar-refractivity contribution in [3.05, 3.63) is 23.4 Å². The molecule has 1 N–H and O–H groups in total. The number of hydrogen-bond acceptors (Lipinski definition) is 3. The average Bonchev–Trinajstić information content (AvgIpc) is 2.30. The molecule has 0 radical (unpaired) electrons. The van der Waals surface area contributed by atoms with E-state index in [9.17, 15) is 0 Å². The topological polar surface area (TPSA) is 24.9 Å². The minimum Gasteiger partial charge on any atom is -0.313 e. The number of aromatic nitrogens is 1. The van der Waals surface area contributed by atoms with Crippen LogP contribution in [-0.4, -0.2) is 22.8 Å². The number of aryl methyl sites for hydroxylation is 2. The molecule has 1 aromatic rings. The molecule has 0 aliphatic heterocycles. The van der Waals surface area contributed by atoms with Gasteiger partial charge >= 0.3 is 0 Å². The van der Waals surface area contributed by atoms with E-state index in [0.29, 0.717) is 11.3 Å². The van der Waals surface area contributed by atoms with Gasteiger partial charge in [-0.1, -0.05) is 19.8 Å². The van der Waals surface area contributed by atoms with Crippen LogP contribution >= 0.6 is 11.8 Å². The molecule has 1 aliphatic rings. The van der Waals surface area contributed by atoms with Gasteiger partial charge in [0.2, 0.25) is 0 Å². The van der Waals surface area contributed by atoms with Gasteiger partial charge in [0.25, 0.3) is 0 Å². The molecule has 2 nitrogen and oxygen atoms in total. The van der Waals surface area contributed by atoms with Crippen molar-refractivity contribution < 1.29 is 0 Å². The van der Waals surface area contributed by atoms with Crippen LogP contribution in [0.15, 0.2) is 17.2 Å². The molecular weight excluding hydrogens is 240 g/mol. The SMILES string of the molecule is CCNC1CCCCC1Sc1cc(C)cc(C)n1. The lowest BCUT2D eigenvalue weighted by Gasteiger charge is -2.31. The first-order valence-electron chi connectivity index (χ1n) is 7.04. The van der Waals surface area contributed by atoms with Crippen molar-refractivity contribution >= 4 is 11.8 Å². The van der Waals surface area contributed by atoms with E-state index >= 15 is 0 Å². The Morgan fingerprint density at radius 3 is 2.78 bits per heavy atom. The number of hydrogen-bond donors (Lipinski definition) is 1. The molecule has 2 rings (SSSR count). The van der Waals surface area contributed by atoms with Gasteiger partial charge in [0.05, 0.1) is 5.03 Å². The predicted octanol–water partition coefficient (Wildman–Crippen LogP) is 3.71. The second-order valence-corrected chi connectivity index (χ2v) is 6.49. The summed E-state index contributed by atoms with van der Waals surface area (Å²) in [5.41, 5.74) is 2.45. The van der Waals surface area contributed by atoms with E-state index in [-0.39, 0.29) is 0 Å². The zero-order chi connectivity index (χ0) is 13.0. The van der Waals surface area contributed by atoms with E-state index < -0.39 is 0 Å². The normalized spacial score (nSPS) is 24.2. The Morgan fingerprint density at radius 2 is 2.06 bits per heavy atom. The first kappa shape index (κ1) is 13.9. The third-order valence-corrected chi connectivity index (χ3v) is 4.83. The summed E-state index contributed by atoms with van der Waals surface area (Å²) in [7, 11) is 0. The van der Waals surface area contributed by atoms with E-state index in [2.05, 4.69) is 43.2 Å². The first-order chi connectivity index (χ1) is 8.69. The summed E-state index contributed by atoms with van der Waals surface area (Å²) in [5.74, 6) is 0. The molecule has 3 heteroatoms. The lowest BCUT2D eigenvalue weighted by molar-refractivity contribution is 0.390. The standard InChI is InChI=1S/C15H24N2S/c1-4-16-13-7-5-6-8-14(13)18-15-10-11(2)9-12(3)17-15/h9-10,13-14,16H,4-8H2,1-3H3. The minimum atomic E-state index is 0.663. The number of nitrogens with zero attached hydrogens (tertiary/aromatic N) is 1. The van der Waals surface area contributed by atoms with E-state index in [1.807, 2.05) is 11.8 Å². The van der Waals surface area contributed by atoms with Crippen molar-refractivity contribution in [3.8, 4) is 0 Å². The second-order valence-electron chi connectivity index (χ2n) is 5.23. The number of pyridine rings is 1. The fourth-order valence-electron chi connectivity index (χ4n) is 2.75. The fraction of sp³-hybridized carbons (Fsp3) is 0.667. The molecule has 2 atom stereocenters. The van der Waals surface area contributed by atoms with Crippen molar-refractivity contribution in [2.24, 2.45) is 0 Å². The summed E-state index contributed by atoms with van der Waals surface area (Å²) >= 11 is 1.97. The van der Waals surface area contributed by atoms with Crippen LogP contribution in [0.5, 0.6) is 0 Å². The summed E-state index contributed by atoms with van der Waals surface area (Å²) in [6.45, 7) is 7.51. The van der Waals surface area contributed by atoms with Crippen LogP contribution in [0.2, 0.25) is 0 Å². The molecule has 18 heavy (non-hydrogen) atoms. The van der Waals surface area contributed by atoms with Crippen LogP contribution < -0.4 is 5.32 Å². The van der Waals surface area contributed by atoms with Crippen LogP contribution in [0, 0.1) is 13.8 Å². The predicted molar refractivity (Wildman–Crippen MR) is 79.3 cm³/mol. The highest BCUT2D eigenvalue weighted by Gasteiger charge is 2.25. The third-order valence-electron chi connectivity index (χ3n) is 3.52. The maximum atomic E-state index is 4.66. The molecule has 0 amide bonds. The maximum Gasteiger partial charge on any atom is 0.0968 e. The molecule has 0 bridgehead atoms. The summed E-state index contributed by atoms with van der Waals surface area (Å²) in [6.07, 6.45) is 5.37. The molecular formula is C15H24N2S. The second kappa shape index (κ2) is 6.58. The summed E-state index contributed by atoms with van der Waals surface area (Å²) in [5, 5.41) is 5.52. The van der Waals surface area contributed by atoms with Crippen molar-refractivity contribution in [3.63, 3.8) is 0 Å². The smallest absolute Gasteiger partial charge is 0.0968 e. The Bertz CT molecular complexity index is 370. The number of nitrogens with one attached hydrogen (secondary N) is 1. The van der Waals surface area contributed by atoms with Gasteiger partial charge in [-0.3, -0.25) is 0 Å². The Morgan fingerprint density at radius 1 is 1.28 bits per heavy atom. The van der Waals surface area contributed by atoms with E-state index in [0.717, 1.165) is 12.2 Å². The van der Waals surface area contributed by atoms with Crippen LogP contribution in [-0.2, 0) is 0 Å². The summed E-state index contributed by atoms with van der Waals surface area (Å²) in [6, 6.07) is 5.03. The highest BCUT2D eigenvalue weighted by molar-refractivity contribution is 7.99. The molecule has 100 valence electrons. The van der Waals surface area contributed by atoms with Gasteiger partial charge < -0.3 is 5.32 Å². The molecule has 1 aromatic heterocycles. The van der Waals surface area contributed by atoms with E-state index in [1.54, 1.807) is 0 Å². The maximum absolute atomic E-state index is 4.66. The van der Waals surface area contributed by atoms with Gasteiger partial charge in [-0.2, -0.15) is 0 Å².